The number of benzene rings is 3. The molecule has 3 aromatic carbocycles. The Morgan fingerprint density at radius 1 is 0.971 bits per heavy atom. The number of aryl methyl sites for hydroxylation is 1. The first-order valence-electron chi connectivity index (χ1n) is 10.6. The van der Waals surface area contributed by atoms with E-state index < -0.39 is 16.7 Å². The molecule has 0 unspecified atom stereocenters. The molecule has 1 heterocycles. The summed E-state index contributed by atoms with van der Waals surface area (Å²) in [6, 6.07) is 20.5. The van der Waals surface area contributed by atoms with Crippen molar-refractivity contribution in [3.05, 3.63) is 105 Å². The van der Waals surface area contributed by atoms with Crippen LogP contribution in [-0.4, -0.2) is 35.8 Å². The topological polar surface area (TPSA) is 93.0 Å². The molecule has 8 nitrogen and oxygen atoms in total. The summed E-state index contributed by atoms with van der Waals surface area (Å²) in [6.07, 6.45) is 0. The highest BCUT2D eigenvalue weighted by Gasteiger charge is 2.43. The first kappa shape index (κ1) is 22.7. The largest absolute Gasteiger partial charge is 0.495 e. The number of hydrogen-bond acceptors (Lipinski definition) is 6. The Hall–Kier alpha value is -4.46. The third kappa shape index (κ3) is 4.13. The maximum absolute atomic E-state index is 13.7. The van der Waals surface area contributed by atoms with Crippen LogP contribution in [0.15, 0.2) is 78.5 Å². The van der Waals surface area contributed by atoms with Gasteiger partial charge in [0.25, 0.3) is 17.5 Å². The Kier molecular flexibility index (Phi) is 6.14. The molecule has 0 fully saturated rings. The molecular weight excluding hydrogens is 434 g/mol. The van der Waals surface area contributed by atoms with E-state index in [0.29, 0.717) is 23.5 Å². The van der Waals surface area contributed by atoms with Gasteiger partial charge in [-0.15, -0.1) is 0 Å². The number of nitro benzene ring substituents is 1. The Bertz CT molecular complexity index is 1300. The van der Waals surface area contributed by atoms with Crippen molar-refractivity contribution < 1.29 is 19.2 Å². The minimum Gasteiger partial charge on any atom is -0.495 e. The minimum absolute atomic E-state index is 0.0995. The number of carbonyl (C=O) groups excluding carboxylic acids is 2. The number of methoxy groups -OCH3 is 1. The molecule has 4 rings (SSSR count). The zero-order valence-corrected chi connectivity index (χ0v) is 19.0. The number of imide groups is 1. The molecule has 34 heavy (non-hydrogen) atoms. The zero-order valence-electron chi connectivity index (χ0n) is 19.0. The fraction of sp³-hybridized carbons (Fsp3) is 0.154. The fourth-order valence-electron chi connectivity index (χ4n) is 4.01. The van der Waals surface area contributed by atoms with Gasteiger partial charge in [0, 0.05) is 25.7 Å². The van der Waals surface area contributed by atoms with Crippen molar-refractivity contribution in [3.63, 3.8) is 0 Å². The highest BCUT2D eigenvalue weighted by atomic mass is 16.6. The molecule has 3 aromatic rings. The van der Waals surface area contributed by atoms with E-state index in [1.165, 1.54) is 31.4 Å². The van der Waals surface area contributed by atoms with Gasteiger partial charge in [-0.05, 0) is 47.9 Å². The van der Waals surface area contributed by atoms with Crippen LogP contribution in [0.1, 0.15) is 16.7 Å². The maximum atomic E-state index is 13.7. The second-order valence-corrected chi connectivity index (χ2v) is 7.99. The van der Waals surface area contributed by atoms with Gasteiger partial charge in [0.05, 0.1) is 23.3 Å². The highest BCUT2D eigenvalue weighted by Crippen LogP contribution is 2.39. The second-order valence-electron chi connectivity index (χ2n) is 7.99. The lowest BCUT2D eigenvalue weighted by Crippen LogP contribution is -2.34. The second kappa shape index (κ2) is 9.19. The number of nitrogens with zero attached hydrogens (tertiary/aromatic N) is 3. The summed E-state index contributed by atoms with van der Waals surface area (Å²) in [4.78, 5) is 40.9. The number of rotatable bonds is 7. The van der Waals surface area contributed by atoms with E-state index in [-0.39, 0.29) is 17.0 Å². The lowest BCUT2D eigenvalue weighted by Gasteiger charge is -2.22. The number of anilines is 1. The number of likely N-dealkylation sites (N-methyl/N-ethyl adjacent to an activating group) is 1. The number of ether oxygens (including phenoxy) is 1. The van der Waals surface area contributed by atoms with E-state index in [4.69, 9.17) is 4.74 Å². The fourth-order valence-corrected chi connectivity index (χ4v) is 4.01. The van der Waals surface area contributed by atoms with Gasteiger partial charge >= 0.3 is 0 Å². The van der Waals surface area contributed by atoms with Crippen LogP contribution < -0.4 is 9.64 Å². The van der Waals surface area contributed by atoms with Gasteiger partial charge in [-0.25, -0.2) is 4.90 Å². The van der Waals surface area contributed by atoms with Crippen LogP contribution in [-0.2, 0) is 16.1 Å². The molecule has 0 aromatic heterocycles. The molecule has 0 saturated heterocycles. The van der Waals surface area contributed by atoms with E-state index in [1.54, 1.807) is 24.1 Å². The molecule has 0 spiro atoms. The van der Waals surface area contributed by atoms with E-state index >= 15 is 0 Å². The first-order valence-corrected chi connectivity index (χ1v) is 10.6. The Morgan fingerprint density at radius 3 is 2.26 bits per heavy atom. The van der Waals surface area contributed by atoms with Crippen molar-refractivity contribution >= 4 is 28.8 Å². The zero-order chi connectivity index (χ0) is 24.4. The molecular formula is C26H23N3O5. The van der Waals surface area contributed by atoms with Crippen molar-refractivity contribution in [2.45, 2.75) is 13.5 Å². The van der Waals surface area contributed by atoms with Crippen molar-refractivity contribution in [1.29, 1.82) is 0 Å². The van der Waals surface area contributed by atoms with Crippen LogP contribution in [0.2, 0.25) is 0 Å². The summed E-state index contributed by atoms with van der Waals surface area (Å²) in [5, 5.41) is 11.1. The monoisotopic (exact) mass is 457 g/mol. The number of hydrogen-bond donors (Lipinski definition) is 0. The molecule has 2 amide bonds. The molecule has 0 N–H and O–H groups in total. The summed E-state index contributed by atoms with van der Waals surface area (Å²) < 4.78 is 5.43. The van der Waals surface area contributed by atoms with Crippen LogP contribution in [0.5, 0.6) is 5.75 Å². The van der Waals surface area contributed by atoms with E-state index in [1.807, 2.05) is 43.3 Å². The molecule has 1 aliphatic rings. The van der Waals surface area contributed by atoms with Crippen LogP contribution in [0.25, 0.3) is 5.57 Å². The summed E-state index contributed by atoms with van der Waals surface area (Å²) in [5.41, 5.74) is 2.89. The van der Waals surface area contributed by atoms with Gasteiger partial charge in [-0.2, -0.15) is 0 Å². The van der Waals surface area contributed by atoms with Gasteiger partial charge in [-0.3, -0.25) is 19.7 Å². The van der Waals surface area contributed by atoms with Crippen molar-refractivity contribution in [3.8, 4) is 5.75 Å². The highest BCUT2D eigenvalue weighted by molar-refractivity contribution is 6.45. The minimum atomic E-state index is -0.516. The Labute approximate surface area is 196 Å². The molecule has 172 valence electrons. The predicted octanol–water partition coefficient (Wildman–Crippen LogP) is 4.33. The van der Waals surface area contributed by atoms with Crippen LogP contribution in [0.3, 0.4) is 0 Å². The standard InChI is InChI=1S/C26H23N3O5/c1-17-9-14-22(34-3)21(15-17)28-25(30)23(19-10-12-20(13-11-19)29(32)33)24(26(28)31)27(2)16-18-7-5-4-6-8-18/h4-15H,16H2,1-3H3. The van der Waals surface area contributed by atoms with Gasteiger partial charge in [-0.1, -0.05) is 36.4 Å². The molecule has 0 bridgehead atoms. The van der Waals surface area contributed by atoms with Crippen molar-refractivity contribution in [1.82, 2.24) is 4.90 Å². The van der Waals surface area contributed by atoms with Gasteiger partial charge < -0.3 is 9.64 Å². The van der Waals surface area contributed by atoms with Gasteiger partial charge in [0.15, 0.2) is 0 Å². The Balaban J connectivity index is 1.84. The third-order valence-electron chi connectivity index (χ3n) is 5.65. The number of carbonyl (C=O) groups is 2. The van der Waals surface area contributed by atoms with Gasteiger partial charge in [0.1, 0.15) is 11.4 Å². The van der Waals surface area contributed by atoms with E-state index in [2.05, 4.69) is 0 Å². The average molecular weight is 457 g/mol. The number of amides is 2. The third-order valence-corrected chi connectivity index (χ3v) is 5.65. The summed E-state index contributed by atoms with van der Waals surface area (Å²) in [7, 11) is 3.22. The summed E-state index contributed by atoms with van der Waals surface area (Å²) >= 11 is 0. The van der Waals surface area contributed by atoms with Crippen LogP contribution >= 0.6 is 0 Å². The van der Waals surface area contributed by atoms with Crippen LogP contribution in [0.4, 0.5) is 11.4 Å². The number of non-ortho nitro benzene ring substituents is 1. The normalized spacial score (nSPS) is 13.4. The van der Waals surface area contributed by atoms with Crippen molar-refractivity contribution in [2.24, 2.45) is 0 Å². The average Bonchev–Trinajstić information content (AvgIpc) is 3.09. The SMILES string of the molecule is COc1ccc(C)cc1N1C(=O)C(c2ccc([N+](=O)[O-])cc2)=C(N(C)Cc2ccccc2)C1=O. The van der Waals surface area contributed by atoms with Crippen LogP contribution in [0, 0.1) is 17.0 Å². The lowest BCUT2D eigenvalue weighted by atomic mass is 10.0. The molecule has 0 atom stereocenters. The molecule has 0 aliphatic carbocycles. The Morgan fingerprint density at radius 2 is 1.65 bits per heavy atom. The maximum Gasteiger partial charge on any atom is 0.282 e. The van der Waals surface area contributed by atoms with Crippen molar-refractivity contribution in [2.75, 3.05) is 19.1 Å². The summed E-state index contributed by atoms with van der Waals surface area (Å²) in [5.74, 6) is -0.610. The molecule has 8 heteroatoms. The summed E-state index contributed by atoms with van der Waals surface area (Å²) in [6.45, 7) is 2.26. The van der Waals surface area contributed by atoms with E-state index in [9.17, 15) is 19.7 Å². The molecule has 0 saturated carbocycles. The molecule has 0 radical (unpaired) electrons. The number of nitro groups is 1. The van der Waals surface area contributed by atoms with E-state index in [0.717, 1.165) is 16.0 Å². The quantitative estimate of drug-likeness (QED) is 0.298. The molecule has 1 aliphatic heterocycles. The smallest absolute Gasteiger partial charge is 0.282 e. The van der Waals surface area contributed by atoms with Gasteiger partial charge in [0.2, 0.25) is 0 Å². The first-order chi connectivity index (χ1) is 16.3. The predicted molar refractivity (Wildman–Crippen MR) is 128 cm³/mol. The lowest BCUT2D eigenvalue weighted by molar-refractivity contribution is -0.384.